The Kier molecular flexibility index (Phi) is 8.05. The summed E-state index contributed by atoms with van der Waals surface area (Å²) in [4.78, 5) is 38.9. The molecular formula is C18H25BrN4O4. The van der Waals surface area contributed by atoms with Crippen LogP contribution in [-0.4, -0.2) is 60.3 Å². The van der Waals surface area contributed by atoms with Crippen LogP contribution in [0.5, 0.6) is 5.75 Å². The van der Waals surface area contributed by atoms with E-state index in [1.54, 1.807) is 9.80 Å². The number of ether oxygens (including phenoxy) is 1. The largest absolute Gasteiger partial charge is 0.492 e. The van der Waals surface area contributed by atoms with Gasteiger partial charge in [-0.15, -0.1) is 0 Å². The van der Waals surface area contributed by atoms with E-state index in [1.165, 1.54) is 0 Å². The molecule has 27 heavy (non-hydrogen) atoms. The minimum absolute atomic E-state index is 0.00726. The lowest BCUT2D eigenvalue weighted by atomic mass is 10.2. The number of rotatable bonds is 7. The number of carbonyl (C=O) groups excluding carboxylic acids is 3. The third kappa shape index (κ3) is 6.51. The highest BCUT2D eigenvalue weighted by atomic mass is 79.9. The van der Waals surface area contributed by atoms with E-state index in [4.69, 9.17) is 10.6 Å². The highest BCUT2D eigenvalue weighted by molar-refractivity contribution is 9.10. The highest BCUT2D eigenvalue weighted by Crippen LogP contribution is 2.25. The second-order valence-electron chi connectivity index (χ2n) is 6.36. The Balaban J connectivity index is 1.70. The Morgan fingerprint density at radius 1 is 1.07 bits per heavy atom. The van der Waals surface area contributed by atoms with Crippen molar-refractivity contribution in [2.75, 3.05) is 32.8 Å². The van der Waals surface area contributed by atoms with Crippen LogP contribution in [0.1, 0.15) is 24.8 Å². The van der Waals surface area contributed by atoms with Crippen LogP contribution in [0.2, 0.25) is 0 Å². The maximum Gasteiger partial charge on any atom is 0.234 e. The van der Waals surface area contributed by atoms with E-state index in [2.05, 4.69) is 15.9 Å². The van der Waals surface area contributed by atoms with Crippen molar-refractivity contribution in [3.8, 4) is 5.75 Å². The van der Waals surface area contributed by atoms with E-state index in [1.807, 2.05) is 30.5 Å². The minimum atomic E-state index is -0.364. The van der Waals surface area contributed by atoms with Gasteiger partial charge in [0.05, 0.1) is 17.5 Å². The minimum Gasteiger partial charge on any atom is -0.492 e. The number of amides is 3. The number of nitrogens with two attached hydrogens (primary N) is 1. The van der Waals surface area contributed by atoms with Gasteiger partial charge >= 0.3 is 0 Å². The molecule has 1 fully saturated rings. The van der Waals surface area contributed by atoms with Crippen molar-refractivity contribution < 1.29 is 19.1 Å². The van der Waals surface area contributed by atoms with Crippen molar-refractivity contribution in [3.63, 3.8) is 0 Å². The Morgan fingerprint density at radius 2 is 1.67 bits per heavy atom. The second-order valence-corrected chi connectivity index (χ2v) is 7.22. The molecule has 3 amide bonds. The van der Waals surface area contributed by atoms with Crippen LogP contribution in [0.25, 0.3) is 0 Å². The van der Waals surface area contributed by atoms with Crippen LogP contribution in [0, 0.1) is 6.92 Å². The molecular weight excluding hydrogens is 416 g/mol. The molecule has 2 rings (SSSR count). The van der Waals surface area contributed by atoms with Gasteiger partial charge in [-0.25, -0.2) is 5.84 Å². The third-order valence-corrected chi connectivity index (χ3v) is 4.99. The van der Waals surface area contributed by atoms with E-state index in [0.717, 1.165) is 10.0 Å². The summed E-state index contributed by atoms with van der Waals surface area (Å²) in [6.45, 7) is 4.21. The van der Waals surface area contributed by atoms with E-state index in [-0.39, 0.29) is 37.0 Å². The first-order valence-electron chi connectivity index (χ1n) is 8.84. The fourth-order valence-electron chi connectivity index (χ4n) is 2.79. The summed E-state index contributed by atoms with van der Waals surface area (Å²) in [6.07, 6.45) is 0.474. The predicted octanol–water partition coefficient (Wildman–Crippen LogP) is 0.967. The number of hydrogen-bond acceptors (Lipinski definition) is 5. The molecule has 8 nitrogen and oxygen atoms in total. The zero-order valence-electron chi connectivity index (χ0n) is 15.4. The molecule has 0 spiro atoms. The third-order valence-electron chi connectivity index (χ3n) is 4.37. The molecule has 0 aliphatic carbocycles. The van der Waals surface area contributed by atoms with Crippen LogP contribution in [-0.2, 0) is 14.4 Å². The summed E-state index contributed by atoms with van der Waals surface area (Å²) in [5, 5.41) is 0. The van der Waals surface area contributed by atoms with Crippen molar-refractivity contribution in [3.05, 3.63) is 28.2 Å². The van der Waals surface area contributed by atoms with E-state index >= 15 is 0 Å². The van der Waals surface area contributed by atoms with E-state index in [0.29, 0.717) is 38.5 Å². The number of benzene rings is 1. The van der Waals surface area contributed by atoms with Crippen LogP contribution in [0.4, 0.5) is 0 Å². The average Bonchev–Trinajstić information content (AvgIpc) is 2.67. The number of piperazine rings is 1. The van der Waals surface area contributed by atoms with Gasteiger partial charge in [0, 0.05) is 39.0 Å². The lowest BCUT2D eigenvalue weighted by Crippen LogP contribution is -2.50. The average molecular weight is 441 g/mol. The maximum absolute atomic E-state index is 12.3. The molecule has 1 aromatic carbocycles. The monoisotopic (exact) mass is 440 g/mol. The number of hydrogen-bond donors (Lipinski definition) is 2. The molecule has 0 radical (unpaired) electrons. The summed E-state index contributed by atoms with van der Waals surface area (Å²) in [5.41, 5.74) is 3.13. The molecule has 0 saturated carbocycles. The maximum atomic E-state index is 12.3. The van der Waals surface area contributed by atoms with Crippen LogP contribution < -0.4 is 16.0 Å². The molecule has 0 bridgehead atoms. The van der Waals surface area contributed by atoms with Gasteiger partial charge in [-0.05, 0) is 40.5 Å². The number of hydrazine groups is 1. The van der Waals surface area contributed by atoms with Crippen molar-refractivity contribution >= 4 is 33.7 Å². The first-order valence-corrected chi connectivity index (χ1v) is 9.64. The zero-order valence-corrected chi connectivity index (χ0v) is 17.0. The number of halogens is 1. The Bertz CT molecular complexity index is 690. The van der Waals surface area contributed by atoms with Gasteiger partial charge in [-0.3, -0.25) is 19.8 Å². The summed E-state index contributed by atoms with van der Waals surface area (Å²) in [7, 11) is 0. The van der Waals surface area contributed by atoms with Crippen molar-refractivity contribution in [2.24, 2.45) is 5.84 Å². The zero-order chi connectivity index (χ0) is 19.8. The number of aryl methyl sites for hydroxylation is 1. The van der Waals surface area contributed by atoms with Gasteiger partial charge in [0.25, 0.3) is 0 Å². The summed E-state index contributed by atoms with van der Waals surface area (Å²) >= 11 is 3.45. The van der Waals surface area contributed by atoms with Crippen LogP contribution in [0.3, 0.4) is 0 Å². The smallest absolute Gasteiger partial charge is 0.234 e. The topological polar surface area (TPSA) is 105 Å². The van der Waals surface area contributed by atoms with Gasteiger partial charge in [-0.1, -0.05) is 6.07 Å². The van der Waals surface area contributed by atoms with Crippen molar-refractivity contribution in [1.29, 1.82) is 0 Å². The van der Waals surface area contributed by atoms with Crippen molar-refractivity contribution in [1.82, 2.24) is 15.2 Å². The summed E-state index contributed by atoms with van der Waals surface area (Å²) in [5.74, 6) is 5.26. The normalized spacial score (nSPS) is 14.0. The summed E-state index contributed by atoms with van der Waals surface area (Å²) < 4.78 is 6.54. The Morgan fingerprint density at radius 3 is 2.22 bits per heavy atom. The molecule has 0 aromatic heterocycles. The van der Waals surface area contributed by atoms with Gasteiger partial charge in [0.1, 0.15) is 5.75 Å². The summed E-state index contributed by atoms with van der Waals surface area (Å²) in [6, 6.07) is 5.79. The molecule has 0 atom stereocenters. The van der Waals surface area contributed by atoms with Gasteiger partial charge in [-0.2, -0.15) is 0 Å². The first kappa shape index (κ1) is 21.2. The number of nitrogens with one attached hydrogen (secondary N) is 1. The standard InChI is InChI=1S/C18H25BrN4O4/c1-13-2-3-15(14(19)12-13)27-11-6-18(26)23-9-7-22(8-10-23)17(25)5-4-16(24)21-20/h2-3,12H,4-11,20H2,1H3,(H,21,24). The Labute approximate surface area is 167 Å². The SMILES string of the molecule is Cc1ccc(OCCC(=O)N2CCN(C(=O)CCC(=O)NN)CC2)c(Br)c1. The molecule has 1 saturated heterocycles. The van der Waals surface area contributed by atoms with Crippen molar-refractivity contribution in [2.45, 2.75) is 26.2 Å². The lowest BCUT2D eigenvalue weighted by Gasteiger charge is -2.34. The number of carbonyl (C=O) groups is 3. The molecule has 0 unspecified atom stereocenters. The van der Waals surface area contributed by atoms with Gasteiger partial charge in [0.15, 0.2) is 0 Å². The number of nitrogens with zero attached hydrogens (tertiary/aromatic N) is 2. The highest BCUT2D eigenvalue weighted by Gasteiger charge is 2.24. The van der Waals surface area contributed by atoms with Gasteiger partial charge < -0.3 is 14.5 Å². The predicted molar refractivity (Wildman–Crippen MR) is 104 cm³/mol. The van der Waals surface area contributed by atoms with E-state index < -0.39 is 0 Å². The Hall–Kier alpha value is -2.13. The van der Waals surface area contributed by atoms with E-state index in [9.17, 15) is 14.4 Å². The van der Waals surface area contributed by atoms with Crippen LogP contribution >= 0.6 is 15.9 Å². The molecule has 1 aliphatic rings. The quantitative estimate of drug-likeness (QED) is 0.373. The van der Waals surface area contributed by atoms with Crippen LogP contribution in [0.15, 0.2) is 22.7 Å². The molecule has 148 valence electrons. The molecule has 9 heteroatoms. The fourth-order valence-corrected chi connectivity index (χ4v) is 3.39. The van der Waals surface area contributed by atoms with Gasteiger partial charge in [0.2, 0.25) is 17.7 Å². The molecule has 3 N–H and O–H groups in total. The molecule has 1 aliphatic heterocycles. The molecule has 1 heterocycles. The second kappa shape index (κ2) is 10.3. The fraction of sp³-hybridized carbons (Fsp3) is 0.500. The lowest BCUT2D eigenvalue weighted by molar-refractivity contribution is -0.140. The first-order chi connectivity index (χ1) is 12.9. The molecule has 1 aromatic rings.